The number of thioether (sulfide) groups is 1. The minimum Gasteiger partial charge on any atom is -0.352 e. The van der Waals surface area contributed by atoms with Crippen LogP contribution in [0.5, 0.6) is 0 Å². The van der Waals surface area contributed by atoms with Gasteiger partial charge in [-0.1, -0.05) is 36.9 Å². The Labute approximate surface area is 164 Å². The van der Waals surface area contributed by atoms with Crippen molar-refractivity contribution in [3.8, 4) is 5.69 Å². The molecular formula is C19H27N5O2S. The molecule has 0 saturated carbocycles. The zero-order chi connectivity index (χ0) is 19.8. The van der Waals surface area contributed by atoms with Gasteiger partial charge < -0.3 is 10.2 Å². The molecule has 1 heterocycles. The van der Waals surface area contributed by atoms with E-state index >= 15 is 0 Å². The van der Waals surface area contributed by atoms with Crippen molar-refractivity contribution in [2.24, 2.45) is 0 Å². The van der Waals surface area contributed by atoms with E-state index in [0.29, 0.717) is 11.7 Å². The van der Waals surface area contributed by atoms with Crippen LogP contribution in [0.1, 0.15) is 33.3 Å². The average molecular weight is 390 g/mol. The summed E-state index contributed by atoms with van der Waals surface area (Å²) in [7, 11) is 0. The summed E-state index contributed by atoms with van der Waals surface area (Å²) >= 11 is 1.33. The second-order valence-electron chi connectivity index (χ2n) is 6.38. The Morgan fingerprint density at radius 1 is 1.26 bits per heavy atom. The molecule has 27 heavy (non-hydrogen) atoms. The van der Waals surface area contributed by atoms with Crippen molar-refractivity contribution in [3.05, 3.63) is 36.2 Å². The summed E-state index contributed by atoms with van der Waals surface area (Å²) in [6.45, 7) is 8.31. The molecule has 0 aliphatic carbocycles. The molecule has 0 atom stereocenters. The highest BCUT2D eigenvalue weighted by Gasteiger charge is 2.18. The Morgan fingerprint density at radius 2 is 2.00 bits per heavy atom. The van der Waals surface area contributed by atoms with Gasteiger partial charge in [0.1, 0.15) is 6.33 Å². The average Bonchev–Trinajstić information content (AvgIpc) is 3.11. The van der Waals surface area contributed by atoms with Gasteiger partial charge in [0.2, 0.25) is 11.8 Å². The normalized spacial score (nSPS) is 10.9. The Balaban J connectivity index is 2.03. The highest BCUT2D eigenvalue weighted by molar-refractivity contribution is 7.99. The lowest BCUT2D eigenvalue weighted by Crippen LogP contribution is -2.43. The number of nitrogens with zero attached hydrogens (tertiary/aromatic N) is 4. The van der Waals surface area contributed by atoms with Gasteiger partial charge in [0.15, 0.2) is 5.16 Å². The molecule has 1 aromatic carbocycles. The zero-order valence-electron chi connectivity index (χ0n) is 16.3. The standard InChI is InChI=1S/C19H27N5O2S/c1-5-15-9-7-8-10-16(15)24-13-20-22-19(24)27-12-18(26)23(6-2)11-17(25)21-14(3)4/h7-10,13-14H,5-6,11-12H2,1-4H3,(H,21,25). The molecule has 0 spiro atoms. The van der Waals surface area contributed by atoms with E-state index in [0.717, 1.165) is 12.1 Å². The summed E-state index contributed by atoms with van der Waals surface area (Å²) in [6.07, 6.45) is 2.56. The first kappa shape index (κ1) is 21.0. The van der Waals surface area contributed by atoms with Crippen LogP contribution in [0.2, 0.25) is 0 Å². The Hall–Kier alpha value is -2.35. The number of rotatable bonds is 9. The van der Waals surface area contributed by atoms with Crippen LogP contribution < -0.4 is 5.32 Å². The molecule has 7 nitrogen and oxygen atoms in total. The van der Waals surface area contributed by atoms with E-state index in [4.69, 9.17) is 0 Å². The Bertz CT molecular complexity index is 775. The molecule has 0 radical (unpaired) electrons. The smallest absolute Gasteiger partial charge is 0.239 e. The number of aromatic nitrogens is 3. The van der Waals surface area contributed by atoms with Crippen molar-refractivity contribution in [2.75, 3.05) is 18.8 Å². The van der Waals surface area contributed by atoms with Gasteiger partial charge in [-0.2, -0.15) is 0 Å². The zero-order valence-corrected chi connectivity index (χ0v) is 17.1. The number of carbonyl (C=O) groups is 2. The fourth-order valence-corrected chi connectivity index (χ4v) is 3.49. The molecule has 0 aliphatic heterocycles. The van der Waals surface area contributed by atoms with E-state index in [1.54, 1.807) is 11.2 Å². The third-order valence-electron chi connectivity index (χ3n) is 3.99. The predicted molar refractivity (Wildman–Crippen MR) is 107 cm³/mol. The lowest BCUT2D eigenvalue weighted by molar-refractivity contribution is -0.134. The molecular weight excluding hydrogens is 362 g/mol. The first-order chi connectivity index (χ1) is 13.0. The minimum atomic E-state index is -0.148. The number of likely N-dealkylation sites (N-methyl/N-ethyl adjacent to an activating group) is 1. The van der Waals surface area contributed by atoms with E-state index in [-0.39, 0.29) is 30.2 Å². The lowest BCUT2D eigenvalue weighted by atomic mass is 10.1. The summed E-state index contributed by atoms with van der Waals surface area (Å²) in [4.78, 5) is 26.0. The summed E-state index contributed by atoms with van der Waals surface area (Å²) in [5.41, 5.74) is 2.20. The summed E-state index contributed by atoms with van der Waals surface area (Å²) in [5.74, 6) is -0.0412. The maximum atomic E-state index is 12.5. The van der Waals surface area contributed by atoms with Gasteiger partial charge >= 0.3 is 0 Å². The third-order valence-corrected chi connectivity index (χ3v) is 4.92. The van der Waals surface area contributed by atoms with E-state index < -0.39 is 0 Å². The molecule has 0 unspecified atom stereocenters. The van der Waals surface area contributed by atoms with Gasteiger partial charge in [0, 0.05) is 12.6 Å². The highest BCUT2D eigenvalue weighted by Crippen LogP contribution is 2.22. The molecule has 2 amide bonds. The monoisotopic (exact) mass is 389 g/mol. The molecule has 8 heteroatoms. The first-order valence-electron chi connectivity index (χ1n) is 9.14. The molecule has 2 rings (SSSR count). The van der Waals surface area contributed by atoms with Crippen molar-refractivity contribution in [1.29, 1.82) is 0 Å². The van der Waals surface area contributed by atoms with Crippen LogP contribution in [0.25, 0.3) is 5.69 Å². The Morgan fingerprint density at radius 3 is 2.67 bits per heavy atom. The van der Waals surface area contributed by atoms with Gasteiger partial charge in [0.25, 0.3) is 0 Å². The van der Waals surface area contributed by atoms with Crippen LogP contribution in [0, 0.1) is 0 Å². The van der Waals surface area contributed by atoms with E-state index in [1.165, 1.54) is 17.3 Å². The number of hydrogen-bond donors (Lipinski definition) is 1. The second-order valence-corrected chi connectivity index (χ2v) is 7.33. The van der Waals surface area contributed by atoms with Crippen LogP contribution in [0.3, 0.4) is 0 Å². The van der Waals surface area contributed by atoms with Crippen molar-refractivity contribution in [2.45, 2.75) is 45.3 Å². The van der Waals surface area contributed by atoms with E-state index in [9.17, 15) is 9.59 Å². The predicted octanol–water partition coefficient (Wildman–Crippen LogP) is 2.29. The topological polar surface area (TPSA) is 80.1 Å². The molecule has 146 valence electrons. The lowest BCUT2D eigenvalue weighted by Gasteiger charge is -2.21. The molecule has 0 bridgehead atoms. The molecule has 1 N–H and O–H groups in total. The maximum absolute atomic E-state index is 12.5. The molecule has 0 saturated heterocycles. The van der Waals surface area contributed by atoms with Crippen LogP contribution in [-0.2, 0) is 16.0 Å². The van der Waals surface area contributed by atoms with Gasteiger partial charge in [-0.15, -0.1) is 10.2 Å². The molecule has 0 fully saturated rings. The van der Waals surface area contributed by atoms with E-state index in [2.05, 4.69) is 28.5 Å². The fourth-order valence-electron chi connectivity index (χ4n) is 2.67. The summed E-state index contributed by atoms with van der Waals surface area (Å²) < 4.78 is 1.90. The number of nitrogens with one attached hydrogen (secondary N) is 1. The number of amides is 2. The third kappa shape index (κ3) is 5.82. The summed E-state index contributed by atoms with van der Waals surface area (Å²) in [6, 6.07) is 8.12. The quantitative estimate of drug-likeness (QED) is 0.666. The molecule has 0 aliphatic rings. The van der Waals surface area contributed by atoms with Crippen molar-refractivity contribution >= 4 is 23.6 Å². The maximum Gasteiger partial charge on any atom is 0.239 e. The van der Waals surface area contributed by atoms with Crippen LogP contribution in [0.15, 0.2) is 35.7 Å². The van der Waals surface area contributed by atoms with Crippen molar-refractivity contribution in [1.82, 2.24) is 25.0 Å². The minimum absolute atomic E-state index is 0.0536. The van der Waals surface area contributed by atoms with Gasteiger partial charge in [-0.25, -0.2) is 0 Å². The number of aryl methyl sites for hydroxylation is 1. The van der Waals surface area contributed by atoms with Crippen molar-refractivity contribution < 1.29 is 9.59 Å². The van der Waals surface area contributed by atoms with Crippen LogP contribution in [-0.4, -0.2) is 56.4 Å². The fraction of sp³-hybridized carbons (Fsp3) is 0.474. The van der Waals surface area contributed by atoms with Gasteiger partial charge in [-0.05, 0) is 38.8 Å². The number of benzene rings is 1. The SMILES string of the molecule is CCc1ccccc1-n1cnnc1SCC(=O)N(CC)CC(=O)NC(C)C. The highest BCUT2D eigenvalue weighted by atomic mass is 32.2. The molecule has 1 aromatic heterocycles. The number of carbonyl (C=O) groups excluding carboxylic acids is 2. The van der Waals surface area contributed by atoms with Crippen LogP contribution >= 0.6 is 11.8 Å². The van der Waals surface area contributed by atoms with Gasteiger partial charge in [-0.3, -0.25) is 14.2 Å². The number of para-hydroxylation sites is 1. The largest absolute Gasteiger partial charge is 0.352 e. The van der Waals surface area contributed by atoms with Gasteiger partial charge in [0.05, 0.1) is 18.0 Å². The Kier molecular flexibility index (Phi) is 7.84. The molecule has 2 aromatic rings. The van der Waals surface area contributed by atoms with Crippen molar-refractivity contribution in [3.63, 3.8) is 0 Å². The van der Waals surface area contributed by atoms with Crippen LogP contribution in [0.4, 0.5) is 0 Å². The van der Waals surface area contributed by atoms with E-state index in [1.807, 2.05) is 43.5 Å². The first-order valence-corrected chi connectivity index (χ1v) is 10.1. The second kappa shape index (κ2) is 10.1. The number of hydrogen-bond acceptors (Lipinski definition) is 5. The summed E-state index contributed by atoms with van der Waals surface area (Å²) in [5, 5.41) is 11.6.